The van der Waals surface area contributed by atoms with Crippen LogP contribution in [-0.4, -0.2) is 53.6 Å². The maximum Gasteiger partial charge on any atom is 0.257 e. The number of carbonyl (C=O) groups is 2. The van der Waals surface area contributed by atoms with Crippen molar-refractivity contribution in [3.63, 3.8) is 0 Å². The molecule has 0 spiro atoms. The Morgan fingerprint density at radius 1 is 1.11 bits per heavy atom. The molecule has 1 aliphatic carbocycles. The molecule has 2 N–H and O–H groups in total. The van der Waals surface area contributed by atoms with Gasteiger partial charge in [0.05, 0.1) is 23.2 Å². The van der Waals surface area contributed by atoms with Gasteiger partial charge in [-0.15, -0.1) is 0 Å². The molecule has 2 aliphatic rings. The molecule has 1 unspecified atom stereocenters. The number of halogens is 1. The van der Waals surface area contributed by atoms with Crippen LogP contribution < -0.4 is 10.2 Å². The molecule has 7 heteroatoms. The molecule has 0 aromatic heterocycles. The quantitative estimate of drug-likeness (QED) is 0.323. The molecule has 2 amide bonds. The number of likely N-dealkylation sites (tertiary alicyclic amines) is 1. The molecule has 44 heavy (non-hydrogen) atoms. The summed E-state index contributed by atoms with van der Waals surface area (Å²) in [4.78, 5) is 31.5. The predicted octanol–water partition coefficient (Wildman–Crippen LogP) is 6.91. The standard InChI is InChI=1S/C37H48FN3O3/c1-24-12-9-16-31(38)32(24)35(43)41-21-11-15-30(25(2)34(42)39-28-14-10-13-27(22-28)36(3,4)5)33(41)26-17-19-29(20-18-26)40(8)23-37(6,7)44/h9-10,12-14,16-20,28,30,33,44H,2,11,15,21-23H2,1,3-8H3,(H,39,42)/t28?,30-,33+/m1/s1. The van der Waals surface area contributed by atoms with Crippen molar-refractivity contribution in [2.75, 3.05) is 25.0 Å². The van der Waals surface area contributed by atoms with Crippen molar-refractivity contribution in [2.45, 2.75) is 78.5 Å². The third-order valence-corrected chi connectivity index (χ3v) is 8.73. The van der Waals surface area contributed by atoms with E-state index < -0.39 is 17.5 Å². The van der Waals surface area contributed by atoms with Crippen molar-refractivity contribution >= 4 is 17.5 Å². The summed E-state index contributed by atoms with van der Waals surface area (Å²) >= 11 is 0. The van der Waals surface area contributed by atoms with Crippen molar-refractivity contribution in [2.24, 2.45) is 11.3 Å². The SMILES string of the molecule is C=C(C(=O)NC1C=CC=C(C(C)(C)C)C1)[C@H]1CCCN(C(=O)c2c(C)cccc2F)[C@H]1c1ccc(N(C)CC(C)(C)O)cc1. The summed E-state index contributed by atoms with van der Waals surface area (Å²) in [5, 5.41) is 13.5. The van der Waals surface area contributed by atoms with Crippen molar-refractivity contribution in [1.82, 2.24) is 10.2 Å². The first kappa shape index (κ1) is 33.2. The van der Waals surface area contributed by atoms with E-state index >= 15 is 4.39 Å². The Hall–Kier alpha value is -3.71. The summed E-state index contributed by atoms with van der Waals surface area (Å²) < 4.78 is 15.1. The van der Waals surface area contributed by atoms with E-state index in [9.17, 15) is 14.7 Å². The van der Waals surface area contributed by atoms with Gasteiger partial charge in [0.25, 0.3) is 5.91 Å². The smallest absolute Gasteiger partial charge is 0.257 e. The number of rotatable bonds is 8. The van der Waals surface area contributed by atoms with Gasteiger partial charge in [0.2, 0.25) is 5.91 Å². The second-order valence-corrected chi connectivity index (χ2v) is 14.0. The number of aryl methyl sites for hydroxylation is 1. The van der Waals surface area contributed by atoms with Crippen molar-refractivity contribution < 1.29 is 19.1 Å². The van der Waals surface area contributed by atoms with Crippen LogP contribution in [0.25, 0.3) is 0 Å². The average molecular weight is 602 g/mol. The minimum absolute atomic E-state index is 0.00191. The summed E-state index contributed by atoms with van der Waals surface area (Å²) in [7, 11) is 1.92. The number of likely N-dealkylation sites (N-methyl/N-ethyl adjacent to an activating group) is 1. The number of hydrogen-bond donors (Lipinski definition) is 2. The summed E-state index contributed by atoms with van der Waals surface area (Å²) in [6.07, 6.45) is 8.17. The van der Waals surface area contributed by atoms with Crippen LogP contribution in [0.5, 0.6) is 0 Å². The van der Waals surface area contributed by atoms with Gasteiger partial charge in [-0.1, -0.05) is 75.4 Å². The van der Waals surface area contributed by atoms with Crippen molar-refractivity contribution in [1.29, 1.82) is 0 Å². The zero-order valence-electron chi connectivity index (χ0n) is 27.3. The van der Waals surface area contributed by atoms with Crippen LogP contribution >= 0.6 is 0 Å². The summed E-state index contributed by atoms with van der Waals surface area (Å²) in [5.41, 5.74) is 3.20. The minimum atomic E-state index is -0.870. The maximum absolute atomic E-state index is 15.1. The van der Waals surface area contributed by atoms with Gasteiger partial charge >= 0.3 is 0 Å². The highest BCUT2D eigenvalue weighted by molar-refractivity contribution is 5.97. The van der Waals surface area contributed by atoms with Gasteiger partial charge in [0, 0.05) is 37.3 Å². The average Bonchev–Trinajstić information content (AvgIpc) is 2.95. The number of allylic oxidation sites excluding steroid dienone is 2. The van der Waals surface area contributed by atoms with Crippen molar-refractivity contribution in [3.05, 3.63) is 101 Å². The lowest BCUT2D eigenvalue weighted by Gasteiger charge is -2.43. The molecular weight excluding hydrogens is 553 g/mol. The Morgan fingerprint density at radius 3 is 2.41 bits per heavy atom. The Balaban J connectivity index is 1.66. The predicted molar refractivity (Wildman–Crippen MR) is 176 cm³/mol. The highest BCUT2D eigenvalue weighted by atomic mass is 19.1. The molecule has 236 valence electrons. The number of amides is 2. The van der Waals surface area contributed by atoms with Crippen LogP contribution in [0.4, 0.5) is 10.1 Å². The largest absolute Gasteiger partial charge is 0.389 e. The van der Waals surface area contributed by atoms with Gasteiger partial charge in [-0.3, -0.25) is 9.59 Å². The van der Waals surface area contributed by atoms with Crippen LogP contribution in [-0.2, 0) is 4.79 Å². The zero-order valence-corrected chi connectivity index (χ0v) is 27.3. The van der Waals surface area contributed by atoms with Crippen LogP contribution in [0.3, 0.4) is 0 Å². The van der Waals surface area contributed by atoms with E-state index in [1.807, 2.05) is 48.4 Å². The third kappa shape index (κ3) is 7.68. The number of nitrogens with zero attached hydrogens (tertiary/aromatic N) is 2. The Bertz CT molecular complexity index is 1430. The molecule has 0 saturated carbocycles. The fourth-order valence-electron chi connectivity index (χ4n) is 6.41. The molecule has 4 rings (SSSR count). The first-order valence-electron chi connectivity index (χ1n) is 15.5. The van der Waals surface area contributed by atoms with Gasteiger partial charge in [-0.25, -0.2) is 4.39 Å². The number of benzene rings is 2. The fraction of sp³-hybridized carbons (Fsp3) is 0.459. The number of piperidine rings is 1. The van der Waals surface area contributed by atoms with E-state index in [0.29, 0.717) is 37.1 Å². The maximum atomic E-state index is 15.1. The van der Waals surface area contributed by atoms with Gasteiger partial charge in [-0.2, -0.15) is 0 Å². The molecule has 1 saturated heterocycles. The fourth-order valence-corrected chi connectivity index (χ4v) is 6.41. The molecule has 1 heterocycles. The Kier molecular flexibility index (Phi) is 9.89. The third-order valence-electron chi connectivity index (χ3n) is 8.73. The summed E-state index contributed by atoms with van der Waals surface area (Å²) in [6.45, 7) is 16.9. The molecule has 0 bridgehead atoms. The molecule has 2 aromatic rings. The lowest BCUT2D eigenvalue weighted by molar-refractivity contribution is -0.118. The topological polar surface area (TPSA) is 72.9 Å². The summed E-state index contributed by atoms with van der Waals surface area (Å²) in [6, 6.07) is 11.8. The number of carbonyl (C=O) groups excluding carboxylic acids is 2. The minimum Gasteiger partial charge on any atom is -0.389 e. The van der Waals surface area contributed by atoms with Crippen LogP contribution in [0, 0.1) is 24.1 Å². The van der Waals surface area contributed by atoms with Crippen LogP contribution in [0.1, 0.15) is 81.4 Å². The lowest BCUT2D eigenvalue weighted by atomic mass is 9.78. The van der Waals surface area contributed by atoms with E-state index in [2.05, 4.69) is 38.7 Å². The molecular formula is C37H48FN3O3. The Morgan fingerprint density at radius 2 is 1.80 bits per heavy atom. The molecule has 2 aromatic carbocycles. The number of nitrogens with one attached hydrogen (secondary N) is 1. The Labute approximate surface area is 262 Å². The van der Waals surface area contributed by atoms with Gasteiger partial charge in [0.15, 0.2) is 0 Å². The first-order chi connectivity index (χ1) is 20.6. The van der Waals surface area contributed by atoms with E-state index in [1.165, 1.54) is 11.6 Å². The number of anilines is 1. The second kappa shape index (κ2) is 13.1. The lowest BCUT2D eigenvalue weighted by Crippen LogP contribution is -2.46. The van der Waals surface area contributed by atoms with Gasteiger partial charge in [0.1, 0.15) is 5.82 Å². The van der Waals surface area contributed by atoms with E-state index in [-0.39, 0.29) is 34.8 Å². The van der Waals surface area contributed by atoms with Crippen LogP contribution in [0.2, 0.25) is 0 Å². The van der Waals surface area contributed by atoms with E-state index in [0.717, 1.165) is 17.7 Å². The number of hydrogen-bond acceptors (Lipinski definition) is 4. The highest BCUT2D eigenvalue weighted by Gasteiger charge is 2.40. The van der Waals surface area contributed by atoms with Gasteiger partial charge < -0.3 is 20.2 Å². The number of aliphatic hydroxyl groups is 1. The molecule has 1 aliphatic heterocycles. The van der Waals surface area contributed by atoms with Crippen molar-refractivity contribution in [3.8, 4) is 0 Å². The second-order valence-electron chi connectivity index (χ2n) is 14.0. The van der Waals surface area contributed by atoms with Gasteiger partial charge in [-0.05, 0) is 74.8 Å². The highest BCUT2D eigenvalue weighted by Crippen LogP contribution is 2.42. The first-order valence-corrected chi connectivity index (χ1v) is 15.5. The van der Waals surface area contributed by atoms with E-state index in [4.69, 9.17) is 0 Å². The normalized spacial score (nSPS) is 20.6. The molecule has 1 fully saturated rings. The molecule has 3 atom stereocenters. The summed E-state index contributed by atoms with van der Waals surface area (Å²) in [5.74, 6) is -1.53. The monoisotopic (exact) mass is 601 g/mol. The molecule has 0 radical (unpaired) electrons. The molecule has 6 nitrogen and oxygen atoms in total. The van der Waals surface area contributed by atoms with Crippen LogP contribution in [0.15, 0.2) is 78.4 Å². The zero-order chi connectivity index (χ0) is 32.4. The van der Waals surface area contributed by atoms with E-state index in [1.54, 1.807) is 37.8 Å².